The normalized spacial score (nSPS) is 20.6. The van der Waals surface area contributed by atoms with Gasteiger partial charge in [-0.05, 0) is 12.8 Å². The van der Waals surface area contributed by atoms with Crippen LogP contribution in [0.1, 0.15) is 44.9 Å². The molecule has 0 unspecified atom stereocenters. The number of carbonyl (C=O) groups excluding carboxylic acids is 1. The maximum atomic E-state index is 10.8. The van der Waals surface area contributed by atoms with Gasteiger partial charge in [0.1, 0.15) is 5.78 Å². The fourth-order valence-electron chi connectivity index (χ4n) is 1.30. The predicted molar refractivity (Wildman–Crippen MR) is 44.5 cm³/mol. The Labute approximate surface area is 105 Å². The molecule has 54 valence electrons. The first-order valence-electron chi connectivity index (χ1n) is 3.91. The molecule has 0 saturated heterocycles. The average Bonchev–Trinajstić information content (AvgIpc) is 1.79. The molecular weight excluding hydrogens is 151 g/mol. The van der Waals surface area contributed by atoms with Crippen molar-refractivity contribution in [1.29, 1.82) is 0 Å². The van der Waals surface area contributed by atoms with E-state index in [0.717, 1.165) is 25.7 Å². The molecule has 0 radical (unpaired) electrons. The van der Waals surface area contributed by atoms with Crippen LogP contribution in [0.15, 0.2) is 0 Å². The molecule has 10 heavy (non-hydrogen) atoms. The Bertz CT molecular complexity index is 91.4. The molecule has 0 aromatic heterocycles. The molecule has 0 aromatic rings. The fourth-order valence-corrected chi connectivity index (χ4v) is 1.30. The van der Waals surface area contributed by atoms with Gasteiger partial charge >= 0.3 is 51.4 Å². The zero-order valence-corrected chi connectivity index (χ0v) is 5.86. The van der Waals surface area contributed by atoms with Crippen molar-refractivity contribution < 1.29 is 4.79 Å². The van der Waals surface area contributed by atoms with Crippen LogP contribution in [0.25, 0.3) is 0 Å². The Morgan fingerprint density at radius 2 is 1.20 bits per heavy atom. The van der Waals surface area contributed by atoms with Crippen LogP contribution < -0.4 is 0 Å². The summed E-state index contributed by atoms with van der Waals surface area (Å²) >= 11 is 0. The topological polar surface area (TPSA) is 17.1 Å². The Morgan fingerprint density at radius 1 is 0.800 bits per heavy atom. The van der Waals surface area contributed by atoms with E-state index in [-0.39, 0.29) is 51.4 Å². The van der Waals surface area contributed by atoms with E-state index < -0.39 is 0 Å². The summed E-state index contributed by atoms with van der Waals surface area (Å²) in [5.74, 6) is 0.481. The molecular formula is C8H15KO. The summed E-state index contributed by atoms with van der Waals surface area (Å²) in [4.78, 5) is 10.8. The Hall–Kier alpha value is 1.31. The molecule has 1 nitrogen and oxygen atoms in total. The zero-order chi connectivity index (χ0) is 6.53. The monoisotopic (exact) mass is 166 g/mol. The predicted octanol–water partition coefficient (Wildman–Crippen LogP) is 1.65. The number of ketones is 1. The van der Waals surface area contributed by atoms with Crippen LogP contribution in [0, 0.1) is 0 Å². The Balaban J connectivity index is 0.000000810. The minimum absolute atomic E-state index is 0. The summed E-state index contributed by atoms with van der Waals surface area (Å²) in [6, 6.07) is 0. The van der Waals surface area contributed by atoms with Crippen molar-refractivity contribution in [2.75, 3.05) is 0 Å². The summed E-state index contributed by atoms with van der Waals surface area (Å²) in [6.07, 6.45) is 7.85. The van der Waals surface area contributed by atoms with Crippen LogP contribution >= 0.6 is 0 Å². The van der Waals surface area contributed by atoms with Crippen LogP contribution in [0.2, 0.25) is 0 Å². The maximum absolute atomic E-state index is 10.8. The first kappa shape index (κ1) is 11.3. The molecule has 1 aliphatic rings. The zero-order valence-electron chi connectivity index (χ0n) is 5.86. The summed E-state index contributed by atoms with van der Waals surface area (Å²) < 4.78 is 0. The van der Waals surface area contributed by atoms with Crippen LogP contribution in [0.5, 0.6) is 0 Å². The molecule has 2 heteroatoms. The van der Waals surface area contributed by atoms with E-state index in [1.54, 1.807) is 0 Å². The summed E-state index contributed by atoms with van der Waals surface area (Å²) in [5, 5.41) is 0. The minimum atomic E-state index is 0. The van der Waals surface area contributed by atoms with E-state index in [1.807, 2.05) is 0 Å². The van der Waals surface area contributed by atoms with Crippen molar-refractivity contribution >= 4 is 57.2 Å². The molecule has 1 rings (SSSR count). The van der Waals surface area contributed by atoms with E-state index in [2.05, 4.69) is 0 Å². The number of hydrogen-bond donors (Lipinski definition) is 0. The van der Waals surface area contributed by atoms with Gasteiger partial charge in [0.05, 0.1) is 0 Å². The third-order valence-electron chi connectivity index (χ3n) is 1.91. The molecule has 0 aliphatic heterocycles. The fraction of sp³-hybridized carbons (Fsp3) is 0.875. The van der Waals surface area contributed by atoms with Crippen molar-refractivity contribution in [2.24, 2.45) is 0 Å². The quantitative estimate of drug-likeness (QED) is 0.500. The number of carbonyl (C=O) groups is 1. The van der Waals surface area contributed by atoms with E-state index in [4.69, 9.17) is 0 Å². The second-order valence-electron chi connectivity index (χ2n) is 2.81. The van der Waals surface area contributed by atoms with E-state index in [0.29, 0.717) is 5.78 Å². The molecule has 1 fully saturated rings. The average molecular weight is 166 g/mol. The third-order valence-corrected chi connectivity index (χ3v) is 1.91. The standard InChI is InChI=1S/C8H14O.K.H/c9-8-6-4-2-1-3-5-7-8;;/h1-7H2;;. The third kappa shape index (κ3) is 5.02. The van der Waals surface area contributed by atoms with Gasteiger partial charge in [0.15, 0.2) is 0 Å². The first-order chi connectivity index (χ1) is 4.39. The van der Waals surface area contributed by atoms with Crippen molar-refractivity contribution in [1.82, 2.24) is 0 Å². The molecule has 0 aromatic carbocycles. The van der Waals surface area contributed by atoms with Gasteiger partial charge < -0.3 is 0 Å². The van der Waals surface area contributed by atoms with Crippen molar-refractivity contribution in [2.45, 2.75) is 44.9 Å². The van der Waals surface area contributed by atoms with Crippen molar-refractivity contribution in [3.8, 4) is 0 Å². The molecule has 1 aliphatic carbocycles. The molecule has 0 atom stereocenters. The molecule has 0 spiro atoms. The van der Waals surface area contributed by atoms with Gasteiger partial charge in [-0.15, -0.1) is 0 Å². The Kier molecular flexibility index (Phi) is 7.89. The molecule has 0 N–H and O–H groups in total. The van der Waals surface area contributed by atoms with Gasteiger partial charge in [-0.25, -0.2) is 0 Å². The van der Waals surface area contributed by atoms with Crippen molar-refractivity contribution in [3.63, 3.8) is 0 Å². The SMILES string of the molecule is O=C1CCCCCCC1.[KH]. The van der Waals surface area contributed by atoms with E-state index in [1.165, 1.54) is 19.3 Å². The van der Waals surface area contributed by atoms with Crippen molar-refractivity contribution in [3.05, 3.63) is 0 Å². The van der Waals surface area contributed by atoms with Gasteiger partial charge in [-0.3, -0.25) is 4.79 Å². The van der Waals surface area contributed by atoms with Crippen LogP contribution in [-0.2, 0) is 4.79 Å². The second-order valence-corrected chi connectivity index (χ2v) is 2.81. The number of Topliss-reactive ketones (excluding diaryl/α,β-unsaturated/α-hetero) is 1. The Morgan fingerprint density at radius 3 is 1.70 bits per heavy atom. The van der Waals surface area contributed by atoms with Gasteiger partial charge in [0, 0.05) is 12.8 Å². The van der Waals surface area contributed by atoms with E-state index in [9.17, 15) is 4.79 Å². The van der Waals surface area contributed by atoms with Crippen LogP contribution in [0.3, 0.4) is 0 Å². The summed E-state index contributed by atoms with van der Waals surface area (Å²) in [5.41, 5.74) is 0. The molecule has 0 amide bonds. The molecule has 1 saturated carbocycles. The summed E-state index contributed by atoms with van der Waals surface area (Å²) in [7, 11) is 0. The van der Waals surface area contributed by atoms with Crippen LogP contribution in [-0.4, -0.2) is 57.2 Å². The van der Waals surface area contributed by atoms with Gasteiger partial charge in [0.2, 0.25) is 0 Å². The van der Waals surface area contributed by atoms with Gasteiger partial charge in [-0.1, -0.05) is 19.3 Å². The van der Waals surface area contributed by atoms with E-state index >= 15 is 0 Å². The molecule has 0 bridgehead atoms. The summed E-state index contributed by atoms with van der Waals surface area (Å²) in [6.45, 7) is 0. The number of hydrogen-bond acceptors (Lipinski definition) is 1. The van der Waals surface area contributed by atoms with Gasteiger partial charge in [-0.2, -0.15) is 0 Å². The van der Waals surface area contributed by atoms with Crippen LogP contribution in [0.4, 0.5) is 0 Å². The van der Waals surface area contributed by atoms with Gasteiger partial charge in [0.25, 0.3) is 0 Å². The number of rotatable bonds is 0. The second kappa shape index (κ2) is 6.98. The first-order valence-corrected chi connectivity index (χ1v) is 3.91. The molecule has 0 heterocycles.